The second-order valence-electron chi connectivity index (χ2n) is 5.58. The molecular weight excluding hydrogens is 232 g/mol. The number of hydrogen-bond acceptors (Lipinski definition) is 3. The molecule has 1 fully saturated rings. The minimum Gasteiger partial charge on any atom is -0.481 e. The summed E-state index contributed by atoms with van der Waals surface area (Å²) in [5.74, 6) is -0.931. The normalized spacial score (nSPS) is 27.0. The lowest BCUT2D eigenvalue weighted by Crippen LogP contribution is -2.53. The first-order valence-corrected chi connectivity index (χ1v) is 6.61. The summed E-state index contributed by atoms with van der Waals surface area (Å²) in [7, 11) is 0. The molecule has 2 unspecified atom stereocenters. The third-order valence-corrected chi connectivity index (χ3v) is 4.05. The predicted molar refractivity (Wildman–Crippen MR) is 69.1 cm³/mol. The van der Waals surface area contributed by atoms with Gasteiger partial charge in [-0.05, 0) is 26.2 Å². The Morgan fingerprint density at radius 3 is 2.50 bits per heavy atom. The minimum absolute atomic E-state index is 0.135. The zero-order valence-corrected chi connectivity index (χ0v) is 11.5. The largest absolute Gasteiger partial charge is 0.481 e. The zero-order chi connectivity index (χ0) is 14.0. The summed E-state index contributed by atoms with van der Waals surface area (Å²) in [4.78, 5) is 25.3. The average Bonchev–Trinajstić information content (AvgIpc) is 2.74. The van der Waals surface area contributed by atoms with Gasteiger partial charge in [-0.1, -0.05) is 20.3 Å². The molecule has 104 valence electrons. The average molecular weight is 256 g/mol. The van der Waals surface area contributed by atoms with Gasteiger partial charge in [-0.15, -0.1) is 0 Å². The fourth-order valence-corrected chi connectivity index (χ4v) is 2.52. The highest BCUT2D eigenvalue weighted by Crippen LogP contribution is 2.36. The number of carboxylic acids is 1. The van der Waals surface area contributed by atoms with Gasteiger partial charge in [0, 0.05) is 13.1 Å². The van der Waals surface area contributed by atoms with E-state index in [-0.39, 0.29) is 5.91 Å². The van der Waals surface area contributed by atoms with Gasteiger partial charge in [0.05, 0.1) is 11.0 Å². The third kappa shape index (κ3) is 2.66. The van der Waals surface area contributed by atoms with Gasteiger partial charge in [-0.2, -0.15) is 0 Å². The number of amides is 1. The Balaban J connectivity index is 2.81. The molecule has 1 saturated heterocycles. The Kier molecular flexibility index (Phi) is 4.37. The smallest absolute Gasteiger partial charge is 0.311 e. The molecule has 0 aromatic carbocycles. The van der Waals surface area contributed by atoms with Gasteiger partial charge in [-0.3, -0.25) is 9.59 Å². The van der Waals surface area contributed by atoms with Crippen LogP contribution in [0, 0.1) is 5.41 Å². The SMILES string of the molecule is CCCC1(C(=O)O)CCN(C(=O)C(C)(N)CC)C1. The Bertz CT molecular complexity index is 341. The number of nitrogens with zero attached hydrogens (tertiary/aromatic N) is 1. The molecule has 2 atom stereocenters. The van der Waals surface area contributed by atoms with Crippen LogP contribution in [0.5, 0.6) is 0 Å². The van der Waals surface area contributed by atoms with Gasteiger partial charge >= 0.3 is 5.97 Å². The van der Waals surface area contributed by atoms with E-state index in [4.69, 9.17) is 5.73 Å². The number of rotatable bonds is 5. The number of carbonyl (C=O) groups is 2. The van der Waals surface area contributed by atoms with Crippen molar-refractivity contribution in [1.29, 1.82) is 0 Å². The Labute approximate surface area is 108 Å². The molecule has 0 saturated carbocycles. The molecule has 5 heteroatoms. The van der Waals surface area contributed by atoms with Crippen LogP contribution in [0.4, 0.5) is 0 Å². The molecule has 1 aliphatic heterocycles. The van der Waals surface area contributed by atoms with Crippen molar-refractivity contribution in [2.24, 2.45) is 11.1 Å². The molecule has 1 aliphatic rings. The Morgan fingerprint density at radius 1 is 1.44 bits per heavy atom. The summed E-state index contributed by atoms with van der Waals surface area (Å²) in [5.41, 5.74) is 4.28. The number of nitrogens with two attached hydrogens (primary N) is 1. The molecule has 0 bridgehead atoms. The van der Waals surface area contributed by atoms with Crippen LogP contribution in [0.3, 0.4) is 0 Å². The van der Waals surface area contributed by atoms with Crippen LogP contribution in [0.2, 0.25) is 0 Å². The molecule has 0 aliphatic carbocycles. The van der Waals surface area contributed by atoms with E-state index in [0.29, 0.717) is 32.4 Å². The first-order valence-electron chi connectivity index (χ1n) is 6.61. The van der Waals surface area contributed by atoms with Crippen molar-refractivity contribution in [3.63, 3.8) is 0 Å². The standard InChI is InChI=1S/C13H24N2O3/c1-4-6-13(11(17)18)7-8-15(9-13)10(16)12(3,14)5-2/h4-9,14H2,1-3H3,(H,17,18). The van der Waals surface area contributed by atoms with Crippen LogP contribution in [0.1, 0.15) is 46.5 Å². The maximum absolute atomic E-state index is 12.2. The molecule has 0 aromatic rings. The Morgan fingerprint density at radius 2 is 2.06 bits per heavy atom. The van der Waals surface area contributed by atoms with Crippen LogP contribution in [0.25, 0.3) is 0 Å². The molecule has 0 spiro atoms. The summed E-state index contributed by atoms with van der Waals surface area (Å²) in [6.07, 6.45) is 2.50. The van der Waals surface area contributed by atoms with E-state index in [2.05, 4.69) is 0 Å². The van der Waals surface area contributed by atoms with E-state index in [1.165, 1.54) is 0 Å². The van der Waals surface area contributed by atoms with Crippen molar-refractivity contribution in [2.75, 3.05) is 13.1 Å². The lowest BCUT2D eigenvalue weighted by Gasteiger charge is -2.29. The fraction of sp³-hybridized carbons (Fsp3) is 0.846. The second-order valence-corrected chi connectivity index (χ2v) is 5.58. The highest BCUT2D eigenvalue weighted by molar-refractivity contribution is 5.87. The lowest BCUT2D eigenvalue weighted by atomic mass is 9.82. The van der Waals surface area contributed by atoms with Crippen molar-refractivity contribution in [2.45, 2.75) is 52.0 Å². The van der Waals surface area contributed by atoms with E-state index in [9.17, 15) is 14.7 Å². The molecule has 3 N–H and O–H groups in total. The van der Waals surface area contributed by atoms with Gasteiger partial charge in [0.2, 0.25) is 5.91 Å². The molecular formula is C13H24N2O3. The lowest BCUT2D eigenvalue weighted by molar-refractivity contribution is -0.149. The van der Waals surface area contributed by atoms with Gasteiger partial charge in [0.15, 0.2) is 0 Å². The number of hydrogen-bond donors (Lipinski definition) is 2. The van der Waals surface area contributed by atoms with Gasteiger partial charge in [0.25, 0.3) is 0 Å². The van der Waals surface area contributed by atoms with Crippen LogP contribution in [0.15, 0.2) is 0 Å². The molecule has 1 heterocycles. The van der Waals surface area contributed by atoms with Gasteiger partial charge in [-0.25, -0.2) is 0 Å². The van der Waals surface area contributed by atoms with E-state index in [1.807, 2.05) is 13.8 Å². The molecule has 5 nitrogen and oxygen atoms in total. The van der Waals surface area contributed by atoms with Crippen LogP contribution in [-0.2, 0) is 9.59 Å². The van der Waals surface area contributed by atoms with E-state index < -0.39 is 16.9 Å². The number of likely N-dealkylation sites (tertiary alicyclic amines) is 1. The summed E-state index contributed by atoms with van der Waals surface area (Å²) < 4.78 is 0. The summed E-state index contributed by atoms with van der Waals surface area (Å²) >= 11 is 0. The molecule has 1 amide bonds. The third-order valence-electron chi connectivity index (χ3n) is 4.05. The van der Waals surface area contributed by atoms with Crippen LogP contribution in [-0.4, -0.2) is 40.5 Å². The second kappa shape index (κ2) is 5.26. The van der Waals surface area contributed by atoms with Gasteiger partial charge in [0.1, 0.15) is 0 Å². The van der Waals surface area contributed by atoms with Crippen molar-refractivity contribution < 1.29 is 14.7 Å². The van der Waals surface area contributed by atoms with E-state index >= 15 is 0 Å². The van der Waals surface area contributed by atoms with E-state index in [1.54, 1.807) is 11.8 Å². The maximum atomic E-state index is 12.2. The molecule has 1 rings (SSSR count). The minimum atomic E-state index is -0.888. The first-order chi connectivity index (χ1) is 8.29. The first kappa shape index (κ1) is 15.0. The fourth-order valence-electron chi connectivity index (χ4n) is 2.52. The van der Waals surface area contributed by atoms with Gasteiger partial charge < -0.3 is 15.7 Å². The predicted octanol–water partition coefficient (Wildman–Crippen LogP) is 1.22. The molecule has 0 radical (unpaired) electrons. The highest BCUT2D eigenvalue weighted by Gasteiger charge is 2.47. The van der Waals surface area contributed by atoms with Crippen LogP contribution >= 0.6 is 0 Å². The van der Waals surface area contributed by atoms with Crippen molar-refractivity contribution in [3.05, 3.63) is 0 Å². The van der Waals surface area contributed by atoms with Crippen molar-refractivity contribution >= 4 is 11.9 Å². The highest BCUT2D eigenvalue weighted by atomic mass is 16.4. The quantitative estimate of drug-likeness (QED) is 0.774. The van der Waals surface area contributed by atoms with Crippen LogP contribution < -0.4 is 5.73 Å². The molecule has 0 aromatic heterocycles. The summed E-state index contributed by atoms with van der Waals surface area (Å²) in [5, 5.41) is 9.39. The van der Waals surface area contributed by atoms with Crippen molar-refractivity contribution in [1.82, 2.24) is 4.90 Å². The van der Waals surface area contributed by atoms with Crippen molar-refractivity contribution in [3.8, 4) is 0 Å². The number of carboxylic acid groups (broad SMARTS) is 1. The van der Waals surface area contributed by atoms with E-state index in [0.717, 1.165) is 6.42 Å². The monoisotopic (exact) mass is 256 g/mol. The topological polar surface area (TPSA) is 83.6 Å². The maximum Gasteiger partial charge on any atom is 0.311 e. The number of aliphatic carboxylic acids is 1. The summed E-state index contributed by atoms with van der Waals surface area (Å²) in [6.45, 7) is 6.33. The molecule has 18 heavy (non-hydrogen) atoms. The summed E-state index contributed by atoms with van der Waals surface area (Å²) in [6, 6.07) is 0. The number of carbonyl (C=O) groups excluding carboxylic acids is 1. The zero-order valence-electron chi connectivity index (χ0n) is 11.5. The Hall–Kier alpha value is -1.10.